The largest absolute Gasteiger partial charge is 0.396 e. The van der Waals surface area contributed by atoms with Crippen molar-refractivity contribution in [1.82, 2.24) is 0 Å². The van der Waals surface area contributed by atoms with E-state index in [1.54, 1.807) is 6.07 Å². The molecule has 0 unspecified atom stereocenters. The van der Waals surface area contributed by atoms with Crippen LogP contribution in [0.15, 0.2) is 24.3 Å². The number of aliphatic hydroxyl groups is 1. The first-order valence-corrected chi connectivity index (χ1v) is 5.21. The maximum Gasteiger partial charge on any atom is 0.101 e. The fraction of sp³-hybridized carbons (Fsp3) is 0.417. The minimum Gasteiger partial charge on any atom is -0.396 e. The molecule has 2 rings (SSSR count). The molecule has 2 N–H and O–H groups in total. The van der Waals surface area contributed by atoms with Crippen LogP contribution >= 0.6 is 0 Å². The Bertz CT molecular complexity index is 402. The molecule has 1 heterocycles. The van der Waals surface area contributed by atoms with Crippen molar-refractivity contribution in [3.8, 4) is 6.07 Å². The van der Waals surface area contributed by atoms with Crippen LogP contribution in [0.25, 0.3) is 0 Å². The maximum atomic E-state index is 9.26. The predicted molar refractivity (Wildman–Crippen MR) is 60.0 cm³/mol. The number of benzene rings is 1. The Morgan fingerprint density at radius 2 is 2.19 bits per heavy atom. The molecule has 1 aromatic carbocycles. The average molecular weight is 218 g/mol. The quantitative estimate of drug-likeness (QED) is 0.790. The highest BCUT2D eigenvalue weighted by Crippen LogP contribution is 2.27. The predicted octanol–water partition coefficient (Wildman–Crippen LogP) is 0.979. The van der Waals surface area contributed by atoms with E-state index < -0.39 is 0 Å². The molecule has 4 heteroatoms. The first-order valence-electron chi connectivity index (χ1n) is 5.21. The number of nitrogens with zero attached hydrogens (tertiary/aromatic N) is 1. The first-order chi connectivity index (χ1) is 7.79. The zero-order chi connectivity index (χ0) is 11.4. The second-order valence-corrected chi connectivity index (χ2v) is 4.16. The topological polar surface area (TPSA) is 65.3 Å². The summed E-state index contributed by atoms with van der Waals surface area (Å²) >= 11 is 0. The highest BCUT2D eigenvalue weighted by molar-refractivity contribution is 5.57. The monoisotopic (exact) mass is 218 g/mol. The van der Waals surface area contributed by atoms with Crippen LogP contribution in [0, 0.1) is 16.7 Å². The summed E-state index contributed by atoms with van der Waals surface area (Å²) in [7, 11) is 0. The van der Waals surface area contributed by atoms with Gasteiger partial charge in [-0.25, -0.2) is 0 Å². The van der Waals surface area contributed by atoms with Crippen LogP contribution in [0.5, 0.6) is 0 Å². The Hall–Kier alpha value is -1.57. The zero-order valence-corrected chi connectivity index (χ0v) is 8.94. The average Bonchev–Trinajstić information content (AvgIpc) is 2.29. The molecule has 0 aromatic heterocycles. The van der Waals surface area contributed by atoms with Gasteiger partial charge in [-0.05, 0) is 12.1 Å². The van der Waals surface area contributed by atoms with Gasteiger partial charge < -0.3 is 15.2 Å². The van der Waals surface area contributed by atoms with Gasteiger partial charge in [-0.15, -0.1) is 0 Å². The molecular formula is C12H14N2O2. The maximum absolute atomic E-state index is 9.26. The Labute approximate surface area is 94.5 Å². The summed E-state index contributed by atoms with van der Waals surface area (Å²) in [6.07, 6.45) is 0. The molecule has 84 valence electrons. The molecule has 0 radical (unpaired) electrons. The molecule has 1 aliphatic heterocycles. The summed E-state index contributed by atoms with van der Waals surface area (Å²) in [4.78, 5) is 0. The van der Waals surface area contributed by atoms with Gasteiger partial charge in [-0.1, -0.05) is 12.1 Å². The number of para-hydroxylation sites is 1. The van der Waals surface area contributed by atoms with Crippen LogP contribution < -0.4 is 5.32 Å². The number of hydrogen-bond donors (Lipinski definition) is 2. The summed E-state index contributed by atoms with van der Waals surface area (Å²) in [6, 6.07) is 9.48. The van der Waals surface area contributed by atoms with E-state index in [0.717, 1.165) is 5.69 Å². The third-order valence-corrected chi connectivity index (χ3v) is 2.85. The zero-order valence-electron chi connectivity index (χ0n) is 8.94. The molecule has 16 heavy (non-hydrogen) atoms. The van der Waals surface area contributed by atoms with Crippen LogP contribution in [0.2, 0.25) is 0 Å². The first kappa shape index (κ1) is 10.9. The molecule has 0 amide bonds. The highest BCUT2D eigenvalue weighted by Gasteiger charge is 2.37. The number of nitriles is 1. The van der Waals surface area contributed by atoms with E-state index in [9.17, 15) is 5.11 Å². The second kappa shape index (κ2) is 4.52. The fourth-order valence-electron chi connectivity index (χ4n) is 1.66. The number of anilines is 1. The van der Waals surface area contributed by atoms with Crippen LogP contribution in [0.1, 0.15) is 5.56 Å². The SMILES string of the molecule is N#Cc1ccccc1NCC1(CO)COC1. The third-order valence-electron chi connectivity index (χ3n) is 2.85. The summed E-state index contributed by atoms with van der Waals surface area (Å²) in [5.74, 6) is 0. The molecule has 1 aliphatic rings. The third kappa shape index (κ3) is 2.01. The van der Waals surface area contributed by atoms with Crippen LogP contribution in [0.3, 0.4) is 0 Å². The van der Waals surface area contributed by atoms with E-state index >= 15 is 0 Å². The van der Waals surface area contributed by atoms with Crippen molar-refractivity contribution in [3.63, 3.8) is 0 Å². The van der Waals surface area contributed by atoms with Crippen molar-refractivity contribution in [2.24, 2.45) is 5.41 Å². The molecular weight excluding hydrogens is 204 g/mol. The molecule has 1 fully saturated rings. The van der Waals surface area contributed by atoms with Gasteiger partial charge in [0.25, 0.3) is 0 Å². The van der Waals surface area contributed by atoms with Gasteiger partial charge in [0.15, 0.2) is 0 Å². The lowest BCUT2D eigenvalue weighted by Gasteiger charge is -2.40. The van der Waals surface area contributed by atoms with Gasteiger partial charge in [0.1, 0.15) is 6.07 Å². The van der Waals surface area contributed by atoms with Crippen molar-refractivity contribution in [1.29, 1.82) is 5.26 Å². The van der Waals surface area contributed by atoms with Gasteiger partial charge in [0.2, 0.25) is 0 Å². The Kier molecular flexibility index (Phi) is 3.09. The molecule has 0 atom stereocenters. The van der Waals surface area contributed by atoms with Crippen molar-refractivity contribution in [3.05, 3.63) is 29.8 Å². The summed E-state index contributed by atoms with van der Waals surface area (Å²) < 4.78 is 5.11. The van der Waals surface area contributed by atoms with Gasteiger partial charge in [0, 0.05) is 6.54 Å². The normalized spacial score (nSPS) is 17.2. The number of hydrogen-bond acceptors (Lipinski definition) is 4. The molecule has 0 saturated carbocycles. The van der Waals surface area contributed by atoms with E-state index in [-0.39, 0.29) is 12.0 Å². The van der Waals surface area contributed by atoms with Crippen molar-refractivity contribution >= 4 is 5.69 Å². The van der Waals surface area contributed by atoms with Gasteiger partial charge in [-0.3, -0.25) is 0 Å². The molecule has 4 nitrogen and oxygen atoms in total. The lowest BCUT2D eigenvalue weighted by Crippen LogP contribution is -2.50. The molecule has 0 spiro atoms. The van der Waals surface area contributed by atoms with Gasteiger partial charge in [-0.2, -0.15) is 5.26 Å². The van der Waals surface area contributed by atoms with E-state index in [2.05, 4.69) is 11.4 Å². The number of rotatable bonds is 4. The highest BCUT2D eigenvalue weighted by atomic mass is 16.5. The Morgan fingerprint density at radius 3 is 2.75 bits per heavy atom. The van der Waals surface area contributed by atoms with Crippen molar-refractivity contribution in [2.45, 2.75) is 0 Å². The second-order valence-electron chi connectivity index (χ2n) is 4.16. The number of aliphatic hydroxyl groups excluding tert-OH is 1. The van der Waals surface area contributed by atoms with Gasteiger partial charge >= 0.3 is 0 Å². The van der Waals surface area contributed by atoms with Crippen molar-refractivity contribution in [2.75, 3.05) is 31.7 Å². The summed E-state index contributed by atoms with van der Waals surface area (Å²) in [5, 5.41) is 21.4. The summed E-state index contributed by atoms with van der Waals surface area (Å²) in [5.41, 5.74) is 1.25. The molecule has 1 aromatic rings. The van der Waals surface area contributed by atoms with Crippen molar-refractivity contribution < 1.29 is 9.84 Å². The molecule has 0 bridgehead atoms. The number of ether oxygens (including phenoxy) is 1. The van der Waals surface area contributed by atoms with Gasteiger partial charge in [0.05, 0.1) is 36.5 Å². The number of nitrogens with one attached hydrogen (secondary N) is 1. The lowest BCUT2D eigenvalue weighted by molar-refractivity contribution is -0.128. The Morgan fingerprint density at radius 1 is 1.44 bits per heavy atom. The fourth-order valence-corrected chi connectivity index (χ4v) is 1.66. The van der Waals surface area contributed by atoms with Crippen LogP contribution in [-0.2, 0) is 4.74 Å². The molecule has 1 saturated heterocycles. The van der Waals surface area contributed by atoms with Crippen LogP contribution in [-0.4, -0.2) is 31.5 Å². The van der Waals surface area contributed by atoms with Crippen LogP contribution in [0.4, 0.5) is 5.69 Å². The van der Waals surface area contributed by atoms with E-state index in [0.29, 0.717) is 25.3 Å². The Balaban J connectivity index is 2.02. The standard InChI is InChI=1S/C12H14N2O2/c13-5-10-3-1-2-4-11(10)14-6-12(7-15)8-16-9-12/h1-4,14-15H,6-9H2. The molecule has 0 aliphatic carbocycles. The minimum atomic E-state index is -0.178. The van der Waals surface area contributed by atoms with E-state index in [1.807, 2.05) is 18.2 Å². The van der Waals surface area contributed by atoms with E-state index in [1.165, 1.54) is 0 Å². The lowest BCUT2D eigenvalue weighted by atomic mass is 9.87. The van der Waals surface area contributed by atoms with E-state index in [4.69, 9.17) is 10.00 Å². The summed E-state index contributed by atoms with van der Waals surface area (Å²) in [6.45, 7) is 1.88. The minimum absolute atomic E-state index is 0.106. The smallest absolute Gasteiger partial charge is 0.101 e.